The summed E-state index contributed by atoms with van der Waals surface area (Å²) in [4.78, 5) is 28.5. The van der Waals surface area contributed by atoms with Crippen molar-refractivity contribution in [1.82, 2.24) is 4.98 Å². The molecule has 0 saturated heterocycles. The second kappa shape index (κ2) is 10.00. The third-order valence-electron chi connectivity index (χ3n) is 5.28. The zero-order chi connectivity index (χ0) is 22.4. The summed E-state index contributed by atoms with van der Waals surface area (Å²) in [5, 5.41) is 12.5. The van der Waals surface area contributed by atoms with Gasteiger partial charge in [0, 0.05) is 24.4 Å². The van der Waals surface area contributed by atoms with Crippen LogP contribution in [0, 0.1) is 5.92 Å². The summed E-state index contributed by atoms with van der Waals surface area (Å²) in [5.41, 5.74) is 9.67. The Morgan fingerprint density at radius 2 is 1.94 bits per heavy atom. The Bertz CT molecular complexity index is 1010. The molecule has 4 N–H and O–H groups in total. The van der Waals surface area contributed by atoms with Crippen LogP contribution in [0.15, 0.2) is 84.7 Å². The van der Waals surface area contributed by atoms with E-state index in [0.29, 0.717) is 5.57 Å². The van der Waals surface area contributed by atoms with Crippen molar-refractivity contribution in [3.63, 3.8) is 0 Å². The van der Waals surface area contributed by atoms with Crippen molar-refractivity contribution in [2.24, 2.45) is 11.7 Å². The van der Waals surface area contributed by atoms with E-state index in [-0.39, 0.29) is 30.6 Å². The van der Waals surface area contributed by atoms with Gasteiger partial charge in [0.25, 0.3) is 0 Å². The van der Waals surface area contributed by atoms with Gasteiger partial charge >= 0.3 is 5.97 Å². The predicted octanol–water partition coefficient (Wildman–Crippen LogP) is 3.84. The molecule has 0 spiro atoms. The summed E-state index contributed by atoms with van der Waals surface area (Å²) in [6.45, 7) is 6.03. The van der Waals surface area contributed by atoms with E-state index in [1.165, 1.54) is 0 Å². The number of Topliss-reactive ketones (excluding diaryl/α,β-unsaturated/α-hetero) is 1. The van der Waals surface area contributed by atoms with Crippen molar-refractivity contribution in [3.05, 3.63) is 90.3 Å². The van der Waals surface area contributed by atoms with Crippen molar-refractivity contribution in [3.8, 4) is 0 Å². The average molecular weight is 418 g/mol. The molecule has 0 aliphatic heterocycles. The lowest BCUT2D eigenvalue weighted by Gasteiger charge is -2.29. The van der Waals surface area contributed by atoms with Gasteiger partial charge in [-0.3, -0.25) is 14.6 Å². The molecule has 0 saturated carbocycles. The predicted molar refractivity (Wildman–Crippen MR) is 122 cm³/mol. The van der Waals surface area contributed by atoms with Crippen molar-refractivity contribution in [1.29, 1.82) is 0 Å². The summed E-state index contributed by atoms with van der Waals surface area (Å²) in [7, 11) is 0. The molecule has 3 rings (SSSR count). The first-order valence-electron chi connectivity index (χ1n) is 10.2. The van der Waals surface area contributed by atoms with E-state index < -0.39 is 12.0 Å². The summed E-state index contributed by atoms with van der Waals surface area (Å²) in [6.07, 6.45) is 7.53. The third kappa shape index (κ3) is 5.55. The van der Waals surface area contributed by atoms with Crippen LogP contribution in [0.2, 0.25) is 0 Å². The van der Waals surface area contributed by atoms with Gasteiger partial charge in [0.2, 0.25) is 0 Å². The van der Waals surface area contributed by atoms with Crippen LogP contribution < -0.4 is 11.1 Å². The molecule has 31 heavy (non-hydrogen) atoms. The van der Waals surface area contributed by atoms with Gasteiger partial charge < -0.3 is 16.2 Å². The van der Waals surface area contributed by atoms with Gasteiger partial charge in [-0.25, -0.2) is 0 Å². The van der Waals surface area contributed by atoms with E-state index in [4.69, 9.17) is 10.8 Å². The minimum absolute atomic E-state index is 0.0503. The molecular formula is C25H27N3O3. The van der Waals surface area contributed by atoms with Gasteiger partial charge in [-0.15, -0.1) is 0 Å². The summed E-state index contributed by atoms with van der Waals surface area (Å²) < 4.78 is 0. The zero-order valence-electron chi connectivity index (χ0n) is 17.5. The lowest BCUT2D eigenvalue weighted by atomic mass is 9.81. The van der Waals surface area contributed by atoms with Gasteiger partial charge in [-0.1, -0.05) is 56.0 Å². The minimum Gasteiger partial charge on any atom is -0.480 e. The van der Waals surface area contributed by atoms with Crippen LogP contribution >= 0.6 is 0 Å². The molecule has 3 atom stereocenters. The number of carboxylic acids is 1. The number of carbonyl (C=O) groups is 2. The molecule has 1 aromatic heterocycles. The van der Waals surface area contributed by atoms with Gasteiger partial charge in [0.1, 0.15) is 6.04 Å². The second-order valence-electron chi connectivity index (χ2n) is 7.83. The molecule has 1 aliphatic carbocycles. The lowest BCUT2D eigenvalue weighted by molar-refractivity contribution is -0.139. The number of aromatic nitrogens is 1. The fourth-order valence-corrected chi connectivity index (χ4v) is 3.72. The van der Waals surface area contributed by atoms with Gasteiger partial charge in [-0.2, -0.15) is 0 Å². The molecular weight excluding hydrogens is 390 g/mol. The Kier molecular flexibility index (Phi) is 7.15. The fourth-order valence-electron chi connectivity index (χ4n) is 3.72. The van der Waals surface area contributed by atoms with Crippen LogP contribution in [0.3, 0.4) is 0 Å². The Balaban J connectivity index is 1.95. The number of nitrogens with one attached hydrogen (secondary N) is 1. The number of allylic oxidation sites excluding steroid dienone is 2. The van der Waals surface area contributed by atoms with Gasteiger partial charge in [-0.05, 0) is 41.2 Å². The minimum atomic E-state index is -1.06. The maximum Gasteiger partial charge on any atom is 0.320 e. The van der Waals surface area contributed by atoms with Crippen LogP contribution in [0.4, 0.5) is 5.69 Å². The number of ketones is 1. The van der Waals surface area contributed by atoms with E-state index in [2.05, 4.69) is 16.9 Å². The number of benzene rings is 1. The number of pyridine rings is 1. The van der Waals surface area contributed by atoms with E-state index in [1.54, 1.807) is 18.5 Å². The maximum absolute atomic E-state index is 13.3. The number of carbonyl (C=O) groups excluding carboxylic acids is 1. The van der Waals surface area contributed by atoms with Gasteiger partial charge in [0.15, 0.2) is 5.78 Å². The van der Waals surface area contributed by atoms with Crippen molar-refractivity contribution in [2.45, 2.75) is 31.8 Å². The fraction of sp³-hybridized carbons (Fsp3) is 0.240. The highest BCUT2D eigenvalue weighted by atomic mass is 16.4. The Hall–Kier alpha value is -3.51. The second-order valence-corrected chi connectivity index (χ2v) is 7.83. The molecule has 6 heteroatoms. The maximum atomic E-state index is 13.3. The Morgan fingerprint density at radius 1 is 1.19 bits per heavy atom. The van der Waals surface area contributed by atoms with Crippen LogP contribution in [0.1, 0.15) is 25.3 Å². The van der Waals surface area contributed by atoms with Crippen LogP contribution in [-0.2, 0) is 9.59 Å². The summed E-state index contributed by atoms with van der Waals surface area (Å²) in [6, 6.07) is 12.2. The smallest absolute Gasteiger partial charge is 0.320 e. The highest BCUT2D eigenvalue weighted by Gasteiger charge is 2.28. The number of aliphatic carboxylic acids is 1. The van der Waals surface area contributed by atoms with Crippen molar-refractivity contribution < 1.29 is 14.7 Å². The molecule has 0 amide bonds. The molecule has 2 unspecified atom stereocenters. The SMILES string of the molecule is C=C1C=CC(C(=O)CC(C)C[C@H](N)C(=O)O)=C(c2ccccc2)C1Nc1cccnc1. The first-order chi connectivity index (χ1) is 14.9. The molecule has 0 bridgehead atoms. The Morgan fingerprint density at radius 3 is 2.58 bits per heavy atom. The monoisotopic (exact) mass is 417 g/mol. The lowest BCUT2D eigenvalue weighted by Crippen LogP contribution is -2.32. The topological polar surface area (TPSA) is 105 Å². The van der Waals surface area contributed by atoms with E-state index >= 15 is 0 Å². The van der Waals surface area contributed by atoms with Crippen LogP contribution in [0.5, 0.6) is 0 Å². The number of hydrogen-bond acceptors (Lipinski definition) is 5. The van der Waals surface area contributed by atoms with E-state index in [1.807, 2.05) is 55.5 Å². The van der Waals surface area contributed by atoms with E-state index in [0.717, 1.165) is 22.4 Å². The molecule has 1 aromatic carbocycles. The quantitative estimate of drug-likeness (QED) is 0.572. The zero-order valence-corrected chi connectivity index (χ0v) is 17.5. The molecule has 160 valence electrons. The van der Waals surface area contributed by atoms with Crippen molar-refractivity contribution >= 4 is 23.0 Å². The van der Waals surface area contributed by atoms with Crippen molar-refractivity contribution in [2.75, 3.05) is 5.32 Å². The average Bonchev–Trinajstić information content (AvgIpc) is 2.76. The van der Waals surface area contributed by atoms with E-state index in [9.17, 15) is 9.59 Å². The summed E-state index contributed by atoms with van der Waals surface area (Å²) in [5.74, 6) is -1.27. The highest BCUT2D eigenvalue weighted by Crippen LogP contribution is 2.34. The molecule has 1 aliphatic rings. The molecule has 0 radical (unpaired) electrons. The number of hydrogen-bond donors (Lipinski definition) is 3. The standard InChI is InChI=1S/C25H27N3O3/c1-16(13-21(26)25(30)31)14-22(29)20-11-10-17(2)24(28-19-9-6-12-27-15-19)23(20)18-7-4-3-5-8-18/h3-12,15-16,21,24,28H,2,13-14,26H2,1H3,(H,30,31)/t16?,21-,24?/m0/s1. The van der Waals surface area contributed by atoms with Crippen LogP contribution in [0.25, 0.3) is 5.57 Å². The molecule has 6 nitrogen and oxygen atoms in total. The third-order valence-corrected chi connectivity index (χ3v) is 5.28. The number of nitrogens with zero attached hydrogens (tertiary/aromatic N) is 1. The first-order valence-corrected chi connectivity index (χ1v) is 10.2. The molecule has 0 fully saturated rings. The first kappa shape index (κ1) is 22.2. The van der Waals surface area contributed by atoms with Gasteiger partial charge in [0.05, 0.1) is 11.7 Å². The number of carboxylic acid groups (broad SMARTS) is 1. The molecule has 2 aromatic rings. The largest absolute Gasteiger partial charge is 0.480 e. The molecule has 1 heterocycles. The number of anilines is 1. The van der Waals surface area contributed by atoms with Crippen LogP contribution in [-0.4, -0.2) is 33.9 Å². The number of rotatable bonds is 9. The normalized spacial score (nSPS) is 17.9. The highest BCUT2D eigenvalue weighted by molar-refractivity contribution is 6.08. The summed E-state index contributed by atoms with van der Waals surface area (Å²) >= 11 is 0. The Labute approximate surface area is 182 Å². The number of nitrogens with two attached hydrogens (primary N) is 1.